The van der Waals surface area contributed by atoms with Gasteiger partial charge in [0.15, 0.2) is 0 Å². The normalized spacial score (nSPS) is 19.3. The lowest BCUT2D eigenvalue weighted by molar-refractivity contribution is 0.187. The SMILES string of the molecule is COC(=O)Nc1cc2c3c(c1)[C@H](c1cccc(C)c1)CCN3CC[C@@H]2c1cccc(C)c1. The van der Waals surface area contributed by atoms with Gasteiger partial charge in [-0.1, -0.05) is 59.7 Å². The van der Waals surface area contributed by atoms with Gasteiger partial charge in [0.2, 0.25) is 0 Å². The van der Waals surface area contributed by atoms with E-state index in [0.29, 0.717) is 11.8 Å². The molecule has 2 atom stereocenters. The van der Waals surface area contributed by atoms with Crippen LogP contribution in [-0.4, -0.2) is 26.3 Å². The zero-order chi connectivity index (χ0) is 22.2. The fraction of sp³-hybridized carbons (Fsp3) is 0.321. The predicted octanol–water partition coefficient (Wildman–Crippen LogP) is 6.36. The van der Waals surface area contributed by atoms with Crippen molar-refractivity contribution in [1.82, 2.24) is 0 Å². The third kappa shape index (κ3) is 3.75. The minimum absolute atomic E-state index is 0.315. The lowest BCUT2D eigenvalue weighted by Crippen LogP contribution is -2.37. The van der Waals surface area contributed by atoms with Gasteiger partial charge in [-0.3, -0.25) is 5.32 Å². The Hall–Kier alpha value is -3.27. The third-order valence-corrected chi connectivity index (χ3v) is 6.93. The summed E-state index contributed by atoms with van der Waals surface area (Å²) < 4.78 is 4.90. The van der Waals surface area contributed by atoms with Gasteiger partial charge < -0.3 is 9.64 Å². The number of anilines is 2. The first-order valence-electron chi connectivity index (χ1n) is 11.4. The minimum Gasteiger partial charge on any atom is -0.453 e. The fourth-order valence-electron chi connectivity index (χ4n) is 5.50. The zero-order valence-electron chi connectivity index (χ0n) is 19.0. The second-order valence-corrected chi connectivity index (χ2v) is 9.12. The molecule has 0 bridgehead atoms. The molecule has 0 saturated carbocycles. The van der Waals surface area contributed by atoms with Gasteiger partial charge in [-0.05, 0) is 61.1 Å². The first-order chi connectivity index (χ1) is 15.5. The van der Waals surface area contributed by atoms with E-state index < -0.39 is 6.09 Å². The monoisotopic (exact) mass is 426 g/mol. The van der Waals surface area contributed by atoms with E-state index in [-0.39, 0.29) is 0 Å². The molecule has 5 rings (SSSR count). The largest absolute Gasteiger partial charge is 0.453 e. The van der Waals surface area contributed by atoms with Crippen LogP contribution in [-0.2, 0) is 4.74 Å². The Morgan fingerprint density at radius 2 is 1.41 bits per heavy atom. The van der Waals surface area contributed by atoms with Crippen LogP contribution in [0.5, 0.6) is 0 Å². The van der Waals surface area contributed by atoms with Crippen molar-refractivity contribution in [3.63, 3.8) is 0 Å². The minimum atomic E-state index is -0.431. The summed E-state index contributed by atoms with van der Waals surface area (Å²) in [5, 5.41) is 2.94. The number of rotatable bonds is 3. The van der Waals surface area contributed by atoms with Gasteiger partial charge >= 0.3 is 6.09 Å². The average molecular weight is 427 g/mol. The molecule has 32 heavy (non-hydrogen) atoms. The summed E-state index contributed by atoms with van der Waals surface area (Å²) in [7, 11) is 1.41. The molecule has 0 unspecified atom stereocenters. The fourth-order valence-corrected chi connectivity index (χ4v) is 5.50. The number of methoxy groups -OCH3 is 1. The van der Waals surface area contributed by atoms with Crippen LogP contribution in [0.2, 0.25) is 0 Å². The van der Waals surface area contributed by atoms with Crippen molar-refractivity contribution in [2.75, 3.05) is 30.4 Å². The second kappa shape index (κ2) is 8.34. The van der Waals surface area contributed by atoms with Gasteiger partial charge in [-0.15, -0.1) is 0 Å². The number of aryl methyl sites for hydroxylation is 2. The Labute approximate surface area is 190 Å². The standard InChI is InChI=1S/C28H30N2O2/c1-18-6-4-8-20(14-18)23-10-12-30-13-11-24(21-9-5-7-19(2)15-21)26-17-22(29-28(31)32-3)16-25(23)27(26)30/h4-9,14-17,23-24H,10-13H2,1-3H3,(H,29,31)/t23-,24+. The quantitative estimate of drug-likeness (QED) is 0.530. The molecule has 1 amide bonds. The molecular formula is C28H30N2O2. The molecular weight excluding hydrogens is 396 g/mol. The number of benzene rings is 3. The Morgan fingerprint density at radius 1 is 0.875 bits per heavy atom. The molecule has 2 heterocycles. The van der Waals surface area contributed by atoms with Gasteiger partial charge in [0.05, 0.1) is 7.11 Å². The first kappa shape index (κ1) is 20.6. The van der Waals surface area contributed by atoms with Crippen molar-refractivity contribution in [3.05, 3.63) is 94.0 Å². The highest BCUT2D eigenvalue weighted by atomic mass is 16.5. The Balaban J connectivity index is 1.68. The zero-order valence-corrected chi connectivity index (χ0v) is 19.0. The van der Waals surface area contributed by atoms with Crippen LogP contribution in [0, 0.1) is 13.8 Å². The Bertz CT molecular complexity index is 1090. The number of carbonyl (C=O) groups is 1. The lowest BCUT2D eigenvalue weighted by Gasteiger charge is -2.43. The van der Waals surface area contributed by atoms with Crippen molar-refractivity contribution in [2.45, 2.75) is 38.5 Å². The Kier molecular flexibility index (Phi) is 5.38. The smallest absolute Gasteiger partial charge is 0.411 e. The molecule has 0 fully saturated rings. The van der Waals surface area contributed by atoms with Crippen LogP contribution in [0.25, 0.3) is 0 Å². The summed E-state index contributed by atoms with van der Waals surface area (Å²) in [6.07, 6.45) is 1.72. The van der Waals surface area contributed by atoms with Gasteiger partial charge in [-0.25, -0.2) is 4.79 Å². The van der Waals surface area contributed by atoms with E-state index in [1.807, 2.05) is 0 Å². The van der Waals surface area contributed by atoms with Crippen molar-refractivity contribution in [3.8, 4) is 0 Å². The number of hydrogen-bond acceptors (Lipinski definition) is 3. The van der Waals surface area contributed by atoms with Gasteiger partial charge in [0, 0.05) is 36.3 Å². The van der Waals surface area contributed by atoms with E-state index in [2.05, 4.69) is 84.7 Å². The van der Waals surface area contributed by atoms with Crippen LogP contribution in [0.4, 0.5) is 16.2 Å². The van der Waals surface area contributed by atoms with Gasteiger partial charge in [0.1, 0.15) is 0 Å². The van der Waals surface area contributed by atoms with Gasteiger partial charge in [-0.2, -0.15) is 0 Å². The summed E-state index contributed by atoms with van der Waals surface area (Å²) >= 11 is 0. The summed E-state index contributed by atoms with van der Waals surface area (Å²) in [6.45, 7) is 6.42. The topological polar surface area (TPSA) is 41.6 Å². The van der Waals surface area contributed by atoms with E-state index in [1.165, 1.54) is 46.2 Å². The molecule has 3 aromatic rings. The van der Waals surface area contributed by atoms with Crippen LogP contribution in [0.3, 0.4) is 0 Å². The number of nitrogens with zero attached hydrogens (tertiary/aromatic N) is 1. The highest BCUT2D eigenvalue weighted by molar-refractivity contribution is 5.86. The van der Waals surface area contributed by atoms with Crippen molar-refractivity contribution < 1.29 is 9.53 Å². The van der Waals surface area contributed by atoms with E-state index in [0.717, 1.165) is 31.6 Å². The molecule has 0 aliphatic carbocycles. The molecule has 164 valence electrons. The Morgan fingerprint density at radius 3 is 1.88 bits per heavy atom. The predicted molar refractivity (Wildman–Crippen MR) is 130 cm³/mol. The number of ether oxygens (including phenoxy) is 1. The molecule has 4 heteroatoms. The molecule has 1 N–H and O–H groups in total. The van der Waals surface area contributed by atoms with Crippen molar-refractivity contribution in [1.29, 1.82) is 0 Å². The summed E-state index contributed by atoms with van der Waals surface area (Å²) in [5.41, 5.74) is 10.0. The number of carbonyl (C=O) groups excluding carboxylic acids is 1. The second-order valence-electron chi connectivity index (χ2n) is 9.12. The molecule has 2 aliphatic rings. The number of hydrogen-bond donors (Lipinski definition) is 1. The molecule has 3 aromatic carbocycles. The van der Waals surface area contributed by atoms with Crippen LogP contribution >= 0.6 is 0 Å². The van der Waals surface area contributed by atoms with E-state index >= 15 is 0 Å². The first-order valence-corrected chi connectivity index (χ1v) is 11.4. The maximum Gasteiger partial charge on any atom is 0.411 e. The highest BCUT2D eigenvalue weighted by Crippen LogP contribution is 2.49. The molecule has 0 spiro atoms. The van der Waals surface area contributed by atoms with E-state index in [9.17, 15) is 4.79 Å². The van der Waals surface area contributed by atoms with E-state index in [1.54, 1.807) is 0 Å². The molecule has 0 aromatic heterocycles. The van der Waals surface area contributed by atoms with Crippen LogP contribution in [0.1, 0.15) is 58.1 Å². The maximum atomic E-state index is 12.1. The average Bonchev–Trinajstić information content (AvgIpc) is 2.79. The summed E-state index contributed by atoms with van der Waals surface area (Å²) in [5.74, 6) is 0.631. The third-order valence-electron chi connectivity index (χ3n) is 6.93. The highest BCUT2D eigenvalue weighted by Gasteiger charge is 2.35. The maximum absolute atomic E-state index is 12.1. The summed E-state index contributed by atoms with van der Waals surface area (Å²) in [4.78, 5) is 14.6. The molecule has 0 saturated heterocycles. The summed E-state index contributed by atoms with van der Waals surface area (Å²) in [6, 6.07) is 22.0. The molecule has 2 aliphatic heterocycles. The number of amides is 1. The van der Waals surface area contributed by atoms with Crippen molar-refractivity contribution >= 4 is 17.5 Å². The van der Waals surface area contributed by atoms with Crippen LogP contribution < -0.4 is 10.2 Å². The lowest BCUT2D eigenvalue weighted by atomic mass is 9.76. The van der Waals surface area contributed by atoms with Gasteiger partial charge in [0.25, 0.3) is 0 Å². The number of nitrogens with one attached hydrogen (secondary N) is 1. The molecule has 0 radical (unpaired) electrons. The molecule has 4 nitrogen and oxygen atoms in total. The van der Waals surface area contributed by atoms with Crippen molar-refractivity contribution in [2.24, 2.45) is 0 Å². The van der Waals surface area contributed by atoms with Crippen LogP contribution in [0.15, 0.2) is 60.7 Å². The van der Waals surface area contributed by atoms with E-state index in [4.69, 9.17) is 4.74 Å².